The molecule has 2 aromatic rings. The van der Waals surface area contributed by atoms with Crippen LogP contribution in [0.4, 0.5) is 10.5 Å². The molecular weight excluding hydrogens is 1490 g/mol. The Morgan fingerprint density at radius 2 is 1.00 bits per heavy atom. The predicted octanol–water partition coefficient (Wildman–Crippen LogP) is 17.5. The standard InChI is InChI=1S/C22H37N3O2.C18H29NO3S.C16H33N3O2.C14H22N2O2.C11H22OS.C10H20OS/c1-16(2)24-20(12-8-9-13-23)21(26)15-19(22(27)25-17(3)4)14-18-10-6-5-7-11-18;1-11(2)17(21)14-7-5-13(6-8-14)10-19-16(20)9-15(18(19)22)23-12(3)4;1-11(2)18-14(8-6-7-9-17)15(20)10-13(5)16(21)19-12(3)4;1-10(2)15-13-7-5-12(6-8-13)9-18-14(17)16-11(3)4;1-8(2)11(12)7-6-10(5)13-9(3)4;1-8(2)10(11)6-5-7-12-9(3)4/h5-7,10-11,16-17,19-20,24H,8-9,12-15,23H2,1-4H3,(H,25,27);11-15H,5-10H2,1-4H3;11-14,18H,6-10,17H2,1-5H3,(H,19,21);5-8,10-11,15H,9H2,1-4H3,(H,16,17);8-10H,6-7H2,1-5H3;8-9H,5-7H2,1-4H3. The highest BCUT2D eigenvalue weighted by Crippen LogP contribution is 2.35. The minimum atomic E-state index is -0.380. The molecule has 2 fully saturated rings. The van der Waals surface area contributed by atoms with E-state index in [4.69, 9.17) is 16.2 Å². The van der Waals surface area contributed by atoms with Gasteiger partial charge >= 0.3 is 6.09 Å². The third-order valence-corrected chi connectivity index (χ3v) is 22.1. The van der Waals surface area contributed by atoms with E-state index in [1.807, 2.05) is 196 Å². The average Bonchev–Trinajstić information content (AvgIpc) is 1.67. The van der Waals surface area contributed by atoms with Crippen molar-refractivity contribution in [2.24, 2.45) is 52.9 Å². The molecule has 6 unspecified atom stereocenters. The molecule has 1 saturated heterocycles. The molecule has 23 heteroatoms. The third-order valence-electron chi connectivity index (χ3n) is 18.4. The van der Waals surface area contributed by atoms with E-state index in [-0.39, 0.29) is 137 Å². The first-order valence-electron chi connectivity index (χ1n) is 43.1. The van der Waals surface area contributed by atoms with Crippen LogP contribution in [-0.2, 0) is 60.9 Å². The van der Waals surface area contributed by atoms with Gasteiger partial charge in [0.1, 0.15) is 24.0 Å². The van der Waals surface area contributed by atoms with E-state index in [9.17, 15) is 47.9 Å². The van der Waals surface area contributed by atoms with Crippen LogP contribution >= 0.6 is 35.3 Å². The normalized spacial score (nSPS) is 16.1. The number of ketones is 5. The highest BCUT2D eigenvalue weighted by Gasteiger charge is 2.41. The zero-order valence-electron chi connectivity index (χ0n) is 75.8. The SMILES string of the molecule is CC(C)NC(=O)C(C)CC(=O)C(CCCCN)NC(C)C.CC(C)NC(=O)C(CC(=O)C(CCCCN)NC(C)C)Cc1ccccc1.CC(C)NC(=O)OCc1ccc(NC(C)C)cc1.CC(C)SC(C)CCC(=O)C(C)C.CC(C)SC1CC(=O)N(CC2CCC(C(=O)C(C)C)CC2)C1=O.CC(C)SCCCC(=O)C(C)C. The Hall–Kier alpha value is -5.17. The van der Waals surface area contributed by atoms with E-state index in [0.29, 0.717) is 89.4 Å². The second kappa shape index (κ2) is 63.8. The number of hydrogen-bond acceptors (Lipinski definition) is 19. The average molecular weight is 1660 g/mol. The molecule has 1 saturated carbocycles. The Morgan fingerprint density at radius 3 is 1.45 bits per heavy atom. The fraction of sp³-hybridized carbons (Fsp3) is 0.758. The predicted molar refractivity (Wildman–Crippen MR) is 483 cm³/mol. The molecule has 2 aromatic carbocycles. The number of imide groups is 1. The topological polar surface area (TPSA) is 307 Å². The van der Waals surface area contributed by atoms with E-state index >= 15 is 0 Å². The molecule has 2 aliphatic rings. The van der Waals surface area contributed by atoms with Gasteiger partial charge in [0.25, 0.3) is 0 Å². The maximum atomic E-state index is 13.0. The second-order valence-electron chi connectivity index (χ2n) is 34.4. The van der Waals surface area contributed by atoms with Crippen LogP contribution < -0.4 is 43.4 Å². The minimum Gasteiger partial charge on any atom is -0.445 e. The lowest BCUT2D eigenvalue weighted by Crippen LogP contribution is -2.44. The summed E-state index contributed by atoms with van der Waals surface area (Å²) in [6.07, 6.45) is 13.6. The van der Waals surface area contributed by atoms with Crippen molar-refractivity contribution in [2.45, 2.75) is 377 Å². The summed E-state index contributed by atoms with van der Waals surface area (Å²) in [5.41, 5.74) is 14.2. The zero-order valence-corrected chi connectivity index (χ0v) is 78.3. The Labute approximate surface area is 705 Å². The lowest BCUT2D eigenvalue weighted by atomic mass is 9.77. The molecule has 656 valence electrons. The van der Waals surface area contributed by atoms with Crippen molar-refractivity contribution in [2.75, 3.05) is 30.7 Å². The summed E-state index contributed by atoms with van der Waals surface area (Å²) < 4.78 is 5.09. The lowest BCUT2D eigenvalue weighted by Gasteiger charge is -2.30. The van der Waals surface area contributed by atoms with Gasteiger partial charge in [-0.2, -0.15) is 23.5 Å². The Balaban J connectivity index is 0. The van der Waals surface area contributed by atoms with Crippen LogP contribution in [0.3, 0.4) is 0 Å². The monoisotopic (exact) mass is 1650 g/mol. The van der Waals surface area contributed by atoms with Crippen LogP contribution in [0.1, 0.15) is 300 Å². The molecule has 1 heterocycles. The molecule has 0 bridgehead atoms. The van der Waals surface area contributed by atoms with Crippen LogP contribution in [0, 0.1) is 41.4 Å². The number of benzene rings is 2. The summed E-state index contributed by atoms with van der Waals surface area (Å²) >= 11 is 5.48. The number of nitrogens with one attached hydrogen (secondary N) is 6. The quantitative estimate of drug-likeness (QED) is 0.0225. The number of carbonyl (C=O) groups excluding carboxylic acids is 10. The van der Waals surface area contributed by atoms with Gasteiger partial charge in [-0.3, -0.25) is 48.1 Å². The number of nitrogens with two attached hydrogens (primary N) is 2. The molecule has 0 radical (unpaired) electrons. The number of alkyl carbamates (subject to hydrolysis) is 1. The highest BCUT2D eigenvalue weighted by atomic mass is 32.2. The molecule has 20 nitrogen and oxygen atoms in total. The molecule has 1 aliphatic carbocycles. The number of Topliss-reactive ketones (excluding diaryl/α,β-unsaturated/α-hetero) is 5. The fourth-order valence-electron chi connectivity index (χ4n) is 12.5. The van der Waals surface area contributed by atoms with E-state index < -0.39 is 0 Å². The number of amides is 5. The van der Waals surface area contributed by atoms with Crippen molar-refractivity contribution >= 4 is 99.6 Å². The summed E-state index contributed by atoms with van der Waals surface area (Å²) in [4.78, 5) is 122. The molecule has 4 rings (SSSR count). The molecule has 0 aromatic heterocycles. The van der Waals surface area contributed by atoms with E-state index in [2.05, 4.69) is 94.2 Å². The summed E-state index contributed by atoms with van der Waals surface area (Å²) in [6.45, 7) is 54.7. The van der Waals surface area contributed by atoms with Crippen molar-refractivity contribution in [1.82, 2.24) is 31.5 Å². The van der Waals surface area contributed by atoms with Gasteiger partial charge in [-0.15, -0.1) is 11.8 Å². The number of nitrogens with zero attached hydrogens (tertiary/aromatic N) is 1. The number of unbranched alkanes of at least 4 members (excludes halogenated alkanes) is 2. The van der Waals surface area contributed by atoms with E-state index in [0.717, 1.165) is 112 Å². The first kappa shape index (κ1) is 111. The minimum absolute atomic E-state index is 0.00548. The van der Waals surface area contributed by atoms with Gasteiger partial charge in [0, 0.05) is 121 Å². The largest absolute Gasteiger partial charge is 0.445 e. The Kier molecular flexibility index (Phi) is 62.1. The highest BCUT2D eigenvalue weighted by molar-refractivity contribution is 8.01. The first-order valence-corrected chi connectivity index (χ1v) is 46.0. The molecule has 0 spiro atoms. The lowest BCUT2D eigenvalue weighted by molar-refractivity contribution is -0.140. The molecule has 5 amide bonds. The van der Waals surface area contributed by atoms with Gasteiger partial charge in [0.05, 0.1) is 17.3 Å². The molecule has 6 atom stereocenters. The van der Waals surface area contributed by atoms with Crippen LogP contribution in [0.5, 0.6) is 0 Å². The summed E-state index contributed by atoms with van der Waals surface area (Å²) in [6, 6.07) is 18.5. The summed E-state index contributed by atoms with van der Waals surface area (Å²) in [5.74, 6) is 2.82. The third kappa shape index (κ3) is 56.3. The maximum absolute atomic E-state index is 13.0. The van der Waals surface area contributed by atoms with Gasteiger partial charge < -0.3 is 48.1 Å². The van der Waals surface area contributed by atoms with Gasteiger partial charge in [-0.25, -0.2) is 4.79 Å². The summed E-state index contributed by atoms with van der Waals surface area (Å²) in [7, 11) is 0. The zero-order chi connectivity index (χ0) is 87.3. The van der Waals surface area contributed by atoms with Gasteiger partial charge in [-0.1, -0.05) is 180 Å². The van der Waals surface area contributed by atoms with Crippen molar-refractivity contribution < 1.29 is 52.7 Å². The smallest absolute Gasteiger partial charge is 0.407 e. The molecular formula is C91H163N9O11S3. The summed E-state index contributed by atoms with van der Waals surface area (Å²) in [5, 5.41) is 20.6. The number of likely N-dealkylation sites (tertiary alicyclic amines) is 1. The fourth-order valence-corrected chi connectivity index (χ4v) is 15.6. The maximum Gasteiger partial charge on any atom is 0.407 e. The van der Waals surface area contributed by atoms with Crippen LogP contribution in [0.15, 0.2) is 54.6 Å². The Bertz CT molecular complexity index is 2980. The number of carbonyl (C=O) groups is 10. The van der Waals surface area contributed by atoms with Crippen LogP contribution in [-0.4, -0.2) is 164 Å². The van der Waals surface area contributed by atoms with Gasteiger partial charge in [0.15, 0.2) is 11.6 Å². The van der Waals surface area contributed by atoms with Gasteiger partial charge in [-0.05, 0) is 190 Å². The number of thioether (sulfide) groups is 3. The van der Waals surface area contributed by atoms with Crippen molar-refractivity contribution in [3.63, 3.8) is 0 Å². The van der Waals surface area contributed by atoms with Crippen LogP contribution in [0.25, 0.3) is 0 Å². The van der Waals surface area contributed by atoms with Gasteiger partial charge in [0.2, 0.25) is 23.6 Å². The Morgan fingerprint density at radius 1 is 0.500 bits per heavy atom. The number of rotatable bonds is 47. The molecule has 10 N–H and O–H groups in total. The molecule has 1 aliphatic heterocycles. The number of ether oxygens (including phenoxy) is 1. The first-order chi connectivity index (χ1) is 53.3. The van der Waals surface area contributed by atoms with E-state index in [1.54, 1.807) is 11.8 Å². The van der Waals surface area contributed by atoms with Crippen molar-refractivity contribution in [3.05, 3.63) is 65.7 Å². The van der Waals surface area contributed by atoms with E-state index in [1.165, 1.54) is 4.90 Å². The van der Waals surface area contributed by atoms with Crippen LogP contribution in [0.2, 0.25) is 0 Å². The molecule has 114 heavy (non-hydrogen) atoms. The van der Waals surface area contributed by atoms with Crippen molar-refractivity contribution in [3.8, 4) is 0 Å². The second-order valence-corrected chi connectivity index (χ2v) is 39.9. The number of anilines is 1. The van der Waals surface area contributed by atoms with Crippen molar-refractivity contribution in [1.29, 1.82) is 0 Å². The number of hydrogen-bond donors (Lipinski definition) is 8.